The summed E-state index contributed by atoms with van der Waals surface area (Å²) in [4.78, 5) is 17.7. The van der Waals surface area contributed by atoms with Gasteiger partial charge >= 0.3 is 6.03 Å². The molecule has 1 aromatic carbocycles. The van der Waals surface area contributed by atoms with Crippen molar-refractivity contribution in [2.45, 2.75) is 26.4 Å². The maximum Gasteiger partial charge on any atom is 0.317 e. The van der Waals surface area contributed by atoms with E-state index in [1.165, 1.54) is 4.90 Å². The highest BCUT2D eigenvalue weighted by Crippen LogP contribution is 2.16. The lowest BCUT2D eigenvalue weighted by atomic mass is 10.1. The molecule has 7 nitrogen and oxygen atoms in total. The summed E-state index contributed by atoms with van der Waals surface area (Å²) in [5.74, 6) is 1.39. The first kappa shape index (κ1) is 16.0. The van der Waals surface area contributed by atoms with Gasteiger partial charge in [-0.05, 0) is 25.5 Å². The summed E-state index contributed by atoms with van der Waals surface area (Å²) in [6.45, 7) is 3.96. The number of carbonyl (C=O) groups is 1. The van der Waals surface area contributed by atoms with Crippen LogP contribution >= 0.6 is 0 Å². The summed E-state index contributed by atoms with van der Waals surface area (Å²) in [6.07, 6.45) is 0. The Morgan fingerprint density at radius 2 is 2.27 bits per heavy atom. The molecule has 2 amide bonds. The molecule has 0 fully saturated rings. The van der Waals surface area contributed by atoms with Crippen molar-refractivity contribution in [2.75, 3.05) is 13.7 Å². The van der Waals surface area contributed by atoms with Gasteiger partial charge in [0.2, 0.25) is 0 Å². The first-order chi connectivity index (χ1) is 10.5. The predicted octanol–water partition coefficient (Wildman–Crippen LogP) is 1.30. The fourth-order valence-corrected chi connectivity index (χ4v) is 1.92. The number of aliphatic hydroxyl groups excluding tert-OH is 1. The van der Waals surface area contributed by atoms with Crippen molar-refractivity contribution in [3.63, 3.8) is 0 Å². The third-order valence-corrected chi connectivity index (χ3v) is 3.47. The molecule has 3 N–H and O–H groups in total. The van der Waals surface area contributed by atoms with Crippen LogP contribution in [0, 0.1) is 6.92 Å². The number of nitrogens with zero attached hydrogens (tertiary/aromatic N) is 3. The van der Waals surface area contributed by atoms with Crippen LogP contribution in [-0.2, 0) is 6.54 Å². The average Bonchev–Trinajstić information content (AvgIpc) is 2.98. The van der Waals surface area contributed by atoms with Crippen molar-refractivity contribution in [1.82, 2.24) is 25.4 Å². The second-order valence-electron chi connectivity index (χ2n) is 5.25. The van der Waals surface area contributed by atoms with Gasteiger partial charge in [0.15, 0.2) is 5.82 Å². The van der Waals surface area contributed by atoms with Crippen molar-refractivity contribution in [3.05, 3.63) is 35.7 Å². The molecule has 1 unspecified atom stereocenters. The largest absolute Gasteiger partial charge is 0.394 e. The zero-order chi connectivity index (χ0) is 16.1. The number of nitrogens with one attached hydrogen (secondary N) is 2. The number of benzene rings is 1. The van der Waals surface area contributed by atoms with Crippen LogP contribution in [0.1, 0.15) is 18.3 Å². The zero-order valence-electron chi connectivity index (χ0n) is 13.0. The van der Waals surface area contributed by atoms with E-state index in [4.69, 9.17) is 5.11 Å². The van der Waals surface area contributed by atoms with E-state index in [1.54, 1.807) is 14.0 Å². The number of likely N-dealkylation sites (N-methyl/N-ethyl adjacent to an activating group) is 1. The Bertz CT molecular complexity index is 640. The van der Waals surface area contributed by atoms with Gasteiger partial charge in [0, 0.05) is 19.2 Å². The van der Waals surface area contributed by atoms with Gasteiger partial charge in [0.05, 0.1) is 12.6 Å². The van der Waals surface area contributed by atoms with E-state index >= 15 is 0 Å². The topological polar surface area (TPSA) is 94.1 Å². The summed E-state index contributed by atoms with van der Waals surface area (Å²) in [7, 11) is 1.66. The number of aromatic amines is 1. The van der Waals surface area contributed by atoms with Gasteiger partial charge in [0.1, 0.15) is 5.82 Å². The van der Waals surface area contributed by atoms with Gasteiger partial charge in [-0.25, -0.2) is 9.78 Å². The normalized spacial score (nSPS) is 12.0. The fourth-order valence-electron chi connectivity index (χ4n) is 1.92. The monoisotopic (exact) mass is 303 g/mol. The Morgan fingerprint density at radius 1 is 1.50 bits per heavy atom. The molecule has 0 spiro atoms. The van der Waals surface area contributed by atoms with E-state index in [9.17, 15) is 4.79 Å². The second kappa shape index (κ2) is 7.04. The van der Waals surface area contributed by atoms with E-state index in [2.05, 4.69) is 20.5 Å². The van der Waals surface area contributed by atoms with Crippen LogP contribution in [0.4, 0.5) is 4.79 Å². The molecule has 1 heterocycles. The van der Waals surface area contributed by atoms with E-state index in [1.807, 2.05) is 31.2 Å². The number of urea groups is 1. The lowest BCUT2D eigenvalue weighted by Crippen LogP contribution is -2.43. The first-order valence-electron chi connectivity index (χ1n) is 7.11. The number of amides is 2. The molecule has 2 aromatic rings. The molecule has 0 aliphatic rings. The third kappa shape index (κ3) is 3.82. The molecule has 0 bridgehead atoms. The summed E-state index contributed by atoms with van der Waals surface area (Å²) in [5, 5.41) is 18.8. The molecule has 0 saturated heterocycles. The highest BCUT2D eigenvalue weighted by molar-refractivity contribution is 5.74. The lowest BCUT2D eigenvalue weighted by molar-refractivity contribution is 0.157. The minimum Gasteiger partial charge on any atom is -0.394 e. The first-order valence-corrected chi connectivity index (χ1v) is 7.11. The van der Waals surface area contributed by atoms with Crippen molar-refractivity contribution in [1.29, 1.82) is 0 Å². The number of aromatic nitrogens is 3. The SMILES string of the molecule is Cc1nc(-c2cccc(CNC(=O)N(C)C(C)CO)c2)n[nH]1. The van der Waals surface area contributed by atoms with E-state index < -0.39 is 0 Å². The van der Waals surface area contributed by atoms with Crippen LogP contribution in [0.5, 0.6) is 0 Å². The number of rotatable bonds is 5. The summed E-state index contributed by atoms with van der Waals surface area (Å²) in [6, 6.07) is 7.26. The molecule has 1 aromatic heterocycles. The Balaban J connectivity index is 2.01. The summed E-state index contributed by atoms with van der Waals surface area (Å²) in [5.41, 5.74) is 1.85. The van der Waals surface area contributed by atoms with Crippen LogP contribution in [0.15, 0.2) is 24.3 Å². The molecule has 2 rings (SSSR count). The van der Waals surface area contributed by atoms with Crippen molar-refractivity contribution < 1.29 is 9.90 Å². The van der Waals surface area contributed by atoms with Gasteiger partial charge in [0.25, 0.3) is 0 Å². The maximum atomic E-state index is 11.9. The quantitative estimate of drug-likeness (QED) is 0.776. The third-order valence-electron chi connectivity index (χ3n) is 3.47. The smallest absolute Gasteiger partial charge is 0.317 e. The molecule has 0 aliphatic heterocycles. The Labute approximate surface area is 129 Å². The van der Waals surface area contributed by atoms with Crippen LogP contribution < -0.4 is 5.32 Å². The van der Waals surface area contributed by atoms with Gasteiger partial charge in [-0.3, -0.25) is 5.10 Å². The molecule has 7 heteroatoms. The molecule has 0 saturated carbocycles. The van der Waals surface area contributed by atoms with E-state index in [0.717, 1.165) is 17.0 Å². The second-order valence-corrected chi connectivity index (χ2v) is 5.25. The summed E-state index contributed by atoms with van der Waals surface area (Å²) >= 11 is 0. The number of carbonyl (C=O) groups excluding carboxylic acids is 1. The highest BCUT2D eigenvalue weighted by atomic mass is 16.3. The van der Waals surface area contributed by atoms with Gasteiger partial charge < -0.3 is 15.3 Å². The zero-order valence-corrected chi connectivity index (χ0v) is 13.0. The molecule has 118 valence electrons. The number of aryl methyl sites for hydroxylation is 1. The van der Waals surface area contributed by atoms with Crippen LogP contribution in [0.3, 0.4) is 0 Å². The number of hydrogen-bond donors (Lipinski definition) is 3. The van der Waals surface area contributed by atoms with E-state index in [0.29, 0.717) is 12.4 Å². The predicted molar refractivity (Wildman–Crippen MR) is 83.1 cm³/mol. The van der Waals surface area contributed by atoms with Crippen LogP contribution in [0.2, 0.25) is 0 Å². The molecular formula is C15H21N5O2. The van der Waals surface area contributed by atoms with Crippen molar-refractivity contribution in [2.24, 2.45) is 0 Å². The number of hydrogen-bond acceptors (Lipinski definition) is 4. The minimum atomic E-state index is -0.222. The van der Waals surface area contributed by atoms with Crippen LogP contribution in [0.25, 0.3) is 11.4 Å². The Morgan fingerprint density at radius 3 is 2.91 bits per heavy atom. The molecule has 0 aliphatic carbocycles. The van der Waals surface area contributed by atoms with Gasteiger partial charge in [-0.1, -0.05) is 18.2 Å². The van der Waals surface area contributed by atoms with Gasteiger partial charge in [-0.2, -0.15) is 5.10 Å². The fraction of sp³-hybridized carbons (Fsp3) is 0.400. The number of aliphatic hydroxyl groups is 1. The summed E-state index contributed by atoms with van der Waals surface area (Å²) < 4.78 is 0. The van der Waals surface area contributed by atoms with Gasteiger partial charge in [-0.15, -0.1) is 0 Å². The maximum absolute atomic E-state index is 11.9. The molecule has 22 heavy (non-hydrogen) atoms. The molecular weight excluding hydrogens is 282 g/mol. The average molecular weight is 303 g/mol. The Kier molecular flexibility index (Phi) is 5.11. The highest BCUT2D eigenvalue weighted by Gasteiger charge is 2.14. The van der Waals surface area contributed by atoms with Crippen molar-refractivity contribution >= 4 is 6.03 Å². The molecule has 0 radical (unpaired) electrons. The van der Waals surface area contributed by atoms with E-state index in [-0.39, 0.29) is 18.7 Å². The molecule has 1 atom stereocenters. The van der Waals surface area contributed by atoms with Crippen molar-refractivity contribution in [3.8, 4) is 11.4 Å². The Hall–Kier alpha value is -2.41. The number of H-pyrrole nitrogens is 1. The lowest BCUT2D eigenvalue weighted by Gasteiger charge is -2.23. The standard InChI is InChI=1S/C15H21N5O2/c1-10(9-21)20(3)15(22)16-8-12-5-4-6-13(7-12)14-17-11(2)18-19-14/h4-7,10,21H,8-9H2,1-3H3,(H,16,22)(H,17,18,19). The van der Waals surface area contributed by atoms with Crippen LogP contribution in [-0.4, -0.2) is 50.9 Å². The minimum absolute atomic E-state index is 0.0659.